The minimum Gasteiger partial charge on any atom is -0.367 e. The highest BCUT2D eigenvalue weighted by atomic mass is 16.6. The minimum atomic E-state index is -0.585. The van der Waals surface area contributed by atoms with Gasteiger partial charge in [0.25, 0.3) is 0 Å². The van der Waals surface area contributed by atoms with Gasteiger partial charge in [-0.1, -0.05) is 13.8 Å². The first-order valence-corrected chi connectivity index (χ1v) is 11.2. The molecule has 6 aliphatic carbocycles. The van der Waals surface area contributed by atoms with Crippen LogP contribution in [0.1, 0.15) is 39.5 Å². The van der Waals surface area contributed by atoms with Crippen molar-refractivity contribution in [1.29, 1.82) is 0 Å². The summed E-state index contributed by atoms with van der Waals surface area (Å²) in [5.74, 6) is 6.34. The van der Waals surface area contributed by atoms with E-state index < -0.39 is 12.6 Å². The second-order valence-electron chi connectivity index (χ2n) is 11.7. The van der Waals surface area contributed by atoms with Gasteiger partial charge in [0.1, 0.15) is 0 Å². The van der Waals surface area contributed by atoms with Gasteiger partial charge in [0.2, 0.25) is 0 Å². The van der Waals surface area contributed by atoms with Crippen LogP contribution in [0.5, 0.6) is 0 Å². The topological polar surface area (TPSA) is 58.9 Å². The first-order valence-electron chi connectivity index (χ1n) is 11.2. The van der Waals surface area contributed by atoms with Crippen molar-refractivity contribution in [2.24, 2.45) is 70.0 Å². The Morgan fingerprint density at radius 3 is 1.46 bits per heavy atom. The third-order valence-corrected chi connectivity index (χ3v) is 11.8. The average Bonchev–Trinajstić information content (AvgIpc) is 3.34. The quantitative estimate of drug-likeness (QED) is 0.697. The SMILES string of the molecule is C[C@]12[C@H]3[C@@H]4[C@@H]5[C@H]6[C@@H]7[C@@H](CC[C@@H]7O[C@H](O)[C@@]6(C)[C@@H]4[C@@H]4CC[C@H](O[C@@H]1O)[C@@H]43)[C@H]52. The van der Waals surface area contributed by atoms with Crippen molar-refractivity contribution in [3.63, 3.8) is 0 Å². The van der Waals surface area contributed by atoms with Gasteiger partial charge < -0.3 is 19.7 Å². The molecule has 0 aromatic heterocycles. The fourth-order valence-electron chi connectivity index (χ4n) is 11.8. The second kappa shape index (κ2) is 3.94. The van der Waals surface area contributed by atoms with E-state index in [4.69, 9.17) is 9.47 Å². The zero-order valence-electron chi connectivity index (χ0n) is 15.6. The molecule has 8 rings (SSSR count). The molecule has 26 heavy (non-hydrogen) atoms. The maximum Gasteiger partial charge on any atom is 0.160 e. The van der Waals surface area contributed by atoms with Crippen molar-refractivity contribution >= 4 is 0 Å². The number of aliphatic hydroxyl groups excluding tert-OH is 2. The summed E-state index contributed by atoms with van der Waals surface area (Å²) in [6.07, 6.45) is 3.99. The monoisotopic (exact) mass is 358 g/mol. The average molecular weight is 358 g/mol. The highest BCUT2D eigenvalue weighted by Gasteiger charge is 2.87. The molecule has 0 radical (unpaired) electrons. The number of fused-ring (bicyclic) bond motifs is 4. The van der Waals surface area contributed by atoms with E-state index >= 15 is 0 Å². The molecular formula is C22H30O4. The Kier molecular flexibility index (Phi) is 2.24. The van der Waals surface area contributed by atoms with E-state index in [-0.39, 0.29) is 23.0 Å². The van der Waals surface area contributed by atoms with Crippen molar-refractivity contribution in [2.75, 3.05) is 0 Å². The molecule has 142 valence electrons. The molecule has 2 saturated heterocycles. The van der Waals surface area contributed by atoms with E-state index in [1.165, 1.54) is 12.8 Å². The zero-order chi connectivity index (χ0) is 17.3. The van der Waals surface area contributed by atoms with Gasteiger partial charge in [-0.15, -0.1) is 0 Å². The van der Waals surface area contributed by atoms with E-state index in [1.807, 2.05) is 0 Å². The highest BCUT2D eigenvalue weighted by Crippen LogP contribution is 2.87. The molecule has 0 unspecified atom stereocenters. The Morgan fingerprint density at radius 1 is 0.615 bits per heavy atom. The van der Waals surface area contributed by atoms with Crippen molar-refractivity contribution < 1.29 is 19.7 Å². The van der Waals surface area contributed by atoms with Crippen molar-refractivity contribution in [1.82, 2.24) is 0 Å². The molecule has 0 spiro atoms. The molecule has 4 nitrogen and oxygen atoms in total. The molecule has 2 N–H and O–H groups in total. The van der Waals surface area contributed by atoms with Crippen LogP contribution >= 0.6 is 0 Å². The number of hydrogen-bond donors (Lipinski definition) is 2. The zero-order valence-corrected chi connectivity index (χ0v) is 15.6. The van der Waals surface area contributed by atoms with Gasteiger partial charge in [-0.05, 0) is 84.9 Å². The summed E-state index contributed by atoms with van der Waals surface area (Å²) in [5, 5.41) is 22.5. The van der Waals surface area contributed by atoms with Crippen LogP contribution in [0.25, 0.3) is 0 Å². The van der Waals surface area contributed by atoms with E-state index in [2.05, 4.69) is 13.8 Å². The minimum absolute atomic E-state index is 0.0724. The van der Waals surface area contributed by atoms with Crippen LogP contribution in [0.3, 0.4) is 0 Å². The van der Waals surface area contributed by atoms with Gasteiger partial charge in [0.05, 0.1) is 12.2 Å². The largest absolute Gasteiger partial charge is 0.367 e. The van der Waals surface area contributed by atoms with Crippen LogP contribution in [0.2, 0.25) is 0 Å². The first kappa shape index (κ1) is 14.8. The fraction of sp³-hybridized carbons (Fsp3) is 1.00. The van der Waals surface area contributed by atoms with Gasteiger partial charge in [0, 0.05) is 10.8 Å². The predicted octanol–water partition coefficient (Wildman–Crippen LogP) is 2.24. The smallest absolute Gasteiger partial charge is 0.160 e. The second-order valence-corrected chi connectivity index (χ2v) is 11.7. The Balaban J connectivity index is 1.43. The van der Waals surface area contributed by atoms with E-state index in [9.17, 15) is 10.2 Å². The van der Waals surface area contributed by atoms with E-state index in [0.29, 0.717) is 59.2 Å². The van der Waals surface area contributed by atoms with Crippen LogP contribution in [-0.4, -0.2) is 35.0 Å². The molecule has 0 amide bonds. The van der Waals surface area contributed by atoms with Crippen LogP contribution in [0.4, 0.5) is 0 Å². The van der Waals surface area contributed by atoms with Crippen LogP contribution in [0, 0.1) is 70.0 Å². The molecule has 8 aliphatic rings. The summed E-state index contributed by atoms with van der Waals surface area (Å²) >= 11 is 0. The molecule has 2 heterocycles. The fourth-order valence-corrected chi connectivity index (χ4v) is 11.8. The summed E-state index contributed by atoms with van der Waals surface area (Å²) in [5.41, 5.74) is -0.145. The van der Waals surface area contributed by atoms with E-state index in [0.717, 1.165) is 12.8 Å². The number of aliphatic hydroxyl groups is 2. The molecule has 0 aromatic carbocycles. The normalized spacial score (nSPS) is 78.9. The Hall–Kier alpha value is -0.160. The predicted molar refractivity (Wildman–Crippen MR) is 91.3 cm³/mol. The molecular weight excluding hydrogens is 328 g/mol. The van der Waals surface area contributed by atoms with Crippen LogP contribution < -0.4 is 0 Å². The maximum absolute atomic E-state index is 11.3. The van der Waals surface area contributed by atoms with Gasteiger partial charge in [-0.25, -0.2) is 0 Å². The summed E-state index contributed by atoms with van der Waals surface area (Å²) in [7, 11) is 0. The molecule has 4 heteroatoms. The summed E-state index contributed by atoms with van der Waals surface area (Å²) in [4.78, 5) is 0. The number of hydrogen-bond acceptors (Lipinski definition) is 4. The summed E-state index contributed by atoms with van der Waals surface area (Å²) in [6, 6.07) is 0. The molecule has 0 aromatic rings. The number of ether oxygens (including phenoxy) is 2. The van der Waals surface area contributed by atoms with Crippen LogP contribution in [-0.2, 0) is 9.47 Å². The standard InChI is InChI=1S/C22H30O4/c1-21-15-7-3-5-10-12(7)18-13(15)14-16(22(18,2)20(24)26-10)8-4-6-9(25-19(21)23)11(8)17(14)21/h7-20,23-24H,3-6H2,1-2H3/t7-,8-,9+,10+,11-,12-,13-,14+,15-,16-,17-,18-,19+,20+,21+,22+/m1/s1. The van der Waals surface area contributed by atoms with Crippen LogP contribution in [0.15, 0.2) is 0 Å². The van der Waals surface area contributed by atoms with Crippen molar-refractivity contribution in [3.05, 3.63) is 0 Å². The Bertz CT molecular complexity index is 665. The van der Waals surface area contributed by atoms with Gasteiger partial charge >= 0.3 is 0 Å². The van der Waals surface area contributed by atoms with Gasteiger partial charge in [-0.3, -0.25) is 0 Å². The Labute approximate surface area is 154 Å². The lowest BCUT2D eigenvalue weighted by atomic mass is 9.61. The summed E-state index contributed by atoms with van der Waals surface area (Å²) in [6.45, 7) is 4.77. The third kappa shape index (κ3) is 1.11. The molecule has 16 atom stereocenters. The van der Waals surface area contributed by atoms with Crippen molar-refractivity contribution in [2.45, 2.75) is 64.3 Å². The maximum atomic E-state index is 11.3. The highest BCUT2D eigenvalue weighted by molar-refractivity contribution is 5.32. The Morgan fingerprint density at radius 2 is 1.04 bits per heavy atom. The lowest BCUT2D eigenvalue weighted by Gasteiger charge is -2.52. The molecule has 8 fully saturated rings. The first-order chi connectivity index (χ1) is 12.5. The van der Waals surface area contributed by atoms with E-state index in [1.54, 1.807) is 0 Å². The van der Waals surface area contributed by atoms with Crippen molar-refractivity contribution in [3.8, 4) is 0 Å². The third-order valence-electron chi connectivity index (χ3n) is 11.8. The molecule has 0 bridgehead atoms. The molecule has 2 aliphatic heterocycles. The van der Waals surface area contributed by atoms with Gasteiger partial charge in [-0.2, -0.15) is 0 Å². The summed E-state index contributed by atoms with van der Waals surface area (Å²) < 4.78 is 12.7. The molecule has 6 saturated carbocycles. The lowest BCUT2D eigenvalue weighted by Crippen LogP contribution is -2.55. The van der Waals surface area contributed by atoms with Gasteiger partial charge in [0.15, 0.2) is 12.6 Å². The number of rotatable bonds is 0. The lowest BCUT2D eigenvalue weighted by molar-refractivity contribution is -0.277.